The molecule has 0 aliphatic carbocycles. The molecule has 3 rings (SSSR count). The Hall–Kier alpha value is -2.08. The number of carbonyl (C=O) groups excluding carboxylic acids is 1. The van der Waals surface area contributed by atoms with Crippen molar-refractivity contribution in [3.05, 3.63) is 39.8 Å². The Labute approximate surface area is 139 Å². The smallest absolute Gasteiger partial charge is 0.226 e. The first-order valence-corrected chi connectivity index (χ1v) is 8.52. The van der Waals surface area contributed by atoms with Gasteiger partial charge in [0.2, 0.25) is 5.91 Å². The van der Waals surface area contributed by atoms with Crippen molar-refractivity contribution >= 4 is 17.2 Å². The van der Waals surface area contributed by atoms with Crippen LogP contribution in [0.25, 0.3) is 0 Å². The van der Waals surface area contributed by atoms with Gasteiger partial charge in [-0.25, -0.2) is 4.98 Å². The van der Waals surface area contributed by atoms with Crippen molar-refractivity contribution in [1.29, 1.82) is 0 Å². The van der Waals surface area contributed by atoms with Crippen LogP contribution in [0, 0.1) is 12.8 Å². The van der Waals surface area contributed by atoms with Gasteiger partial charge in [-0.1, -0.05) is 6.07 Å². The van der Waals surface area contributed by atoms with Crippen molar-refractivity contribution in [1.82, 2.24) is 10.3 Å². The van der Waals surface area contributed by atoms with Gasteiger partial charge in [-0.05, 0) is 25.0 Å². The van der Waals surface area contributed by atoms with E-state index >= 15 is 0 Å². The minimum Gasteiger partial charge on any atom is -0.497 e. The van der Waals surface area contributed by atoms with E-state index in [-0.39, 0.29) is 11.8 Å². The lowest BCUT2D eigenvalue weighted by Crippen LogP contribution is -2.38. The highest BCUT2D eigenvalue weighted by Crippen LogP contribution is 2.31. The molecule has 0 fully saturated rings. The summed E-state index contributed by atoms with van der Waals surface area (Å²) in [7, 11) is 1.63. The maximum absolute atomic E-state index is 12.3. The number of hydrogen-bond acceptors (Lipinski definition) is 5. The number of carbonyl (C=O) groups is 1. The van der Waals surface area contributed by atoms with Crippen LogP contribution in [-0.4, -0.2) is 31.2 Å². The molecular formula is C17H20N2O3S. The predicted molar refractivity (Wildman–Crippen MR) is 89.2 cm³/mol. The number of nitrogens with one attached hydrogen (secondary N) is 1. The van der Waals surface area contributed by atoms with Crippen LogP contribution in [0.15, 0.2) is 23.6 Å². The highest BCUT2D eigenvalue weighted by atomic mass is 32.1. The molecule has 5 nitrogen and oxygen atoms in total. The number of aryl methyl sites for hydroxylation is 1. The number of fused-ring (bicyclic) bond motifs is 1. The van der Waals surface area contributed by atoms with Gasteiger partial charge in [0.15, 0.2) is 0 Å². The molecule has 0 radical (unpaired) electrons. The number of aromatic nitrogens is 1. The van der Waals surface area contributed by atoms with Gasteiger partial charge < -0.3 is 14.8 Å². The Morgan fingerprint density at radius 3 is 3.13 bits per heavy atom. The van der Waals surface area contributed by atoms with E-state index in [1.54, 1.807) is 18.4 Å². The average molecular weight is 332 g/mol. The number of amides is 1. The van der Waals surface area contributed by atoms with Gasteiger partial charge in [0.25, 0.3) is 0 Å². The van der Waals surface area contributed by atoms with Crippen LogP contribution in [0.2, 0.25) is 0 Å². The summed E-state index contributed by atoms with van der Waals surface area (Å²) in [6.45, 7) is 2.99. The van der Waals surface area contributed by atoms with E-state index in [0.29, 0.717) is 19.6 Å². The molecular weight excluding hydrogens is 312 g/mol. The zero-order valence-corrected chi connectivity index (χ0v) is 14.1. The third-order valence-electron chi connectivity index (χ3n) is 3.86. The summed E-state index contributed by atoms with van der Waals surface area (Å²) in [6.07, 6.45) is 1.47. The molecule has 1 aliphatic rings. The predicted octanol–water partition coefficient (Wildman–Crippen LogP) is 2.37. The SMILES string of the molecule is COc1ccc2c(c1)OC[C@H](C(=O)NCCc1nc(C)cs1)C2. The highest BCUT2D eigenvalue weighted by molar-refractivity contribution is 7.09. The van der Waals surface area contributed by atoms with Crippen molar-refractivity contribution in [2.75, 3.05) is 20.3 Å². The maximum atomic E-state index is 12.3. The number of benzene rings is 1. The van der Waals surface area contributed by atoms with Gasteiger partial charge in [-0.2, -0.15) is 0 Å². The van der Waals surface area contributed by atoms with Crippen molar-refractivity contribution in [2.45, 2.75) is 19.8 Å². The van der Waals surface area contributed by atoms with Gasteiger partial charge in [-0.15, -0.1) is 11.3 Å². The second kappa shape index (κ2) is 7.00. The first-order valence-electron chi connectivity index (χ1n) is 7.64. The van der Waals surface area contributed by atoms with E-state index < -0.39 is 0 Å². The van der Waals surface area contributed by atoms with E-state index in [2.05, 4.69) is 10.3 Å². The molecule has 2 aromatic rings. The summed E-state index contributed by atoms with van der Waals surface area (Å²) >= 11 is 1.63. The van der Waals surface area contributed by atoms with E-state index in [1.807, 2.05) is 30.5 Å². The largest absolute Gasteiger partial charge is 0.497 e. The fourth-order valence-electron chi connectivity index (χ4n) is 2.60. The van der Waals surface area contributed by atoms with E-state index in [9.17, 15) is 4.79 Å². The maximum Gasteiger partial charge on any atom is 0.226 e. The molecule has 2 heterocycles. The molecule has 1 atom stereocenters. The number of thiazole rings is 1. The Morgan fingerprint density at radius 2 is 2.39 bits per heavy atom. The van der Waals surface area contributed by atoms with Gasteiger partial charge >= 0.3 is 0 Å². The molecule has 1 aliphatic heterocycles. The molecule has 6 heteroatoms. The third kappa shape index (κ3) is 3.82. The monoisotopic (exact) mass is 332 g/mol. The van der Waals surface area contributed by atoms with Crippen LogP contribution in [0.3, 0.4) is 0 Å². The lowest BCUT2D eigenvalue weighted by Gasteiger charge is -2.25. The molecule has 0 unspecified atom stereocenters. The summed E-state index contributed by atoms with van der Waals surface area (Å²) in [5.41, 5.74) is 2.08. The summed E-state index contributed by atoms with van der Waals surface area (Å²) in [5, 5.41) is 6.07. The molecule has 23 heavy (non-hydrogen) atoms. The molecule has 122 valence electrons. The fourth-order valence-corrected chi connectivity index (χ4v) is 3.38. The van der Waals surface area contributed by atoms with E-state index in [4.69, 9.17) is 9.47 Å². The first kappa shape index (κ1) is 15.8. The molecule has 1 aromatic carbocycles. The lowest BCUT2D eigenvalue weighted by atomic mass is 9.96. The second-order valence-electron chi connectivity index (χ2n) is 5.61. The van der Waals surface area contributed by atoms with E-state index in [1.165, 1.54) is 0 Å². The molecule has 1 aromatic heterocycles. The first-order chi connectivity index (χ1) is 11.2. The van der Waals surface area contributed by atoms with Crippen molar-refractivity contribution < 1.29 is 14.3 Å². The fraction of sp³-hybridized carbons (Fsp3) is 0.412. The molecule has 0 spiro atoms. The Balaban J connectivity index is 1.52. The Morgan fingerprint density at radius 1 is 1.52 bits per heavy atom. The summed E-state index contributed by atoms with van der Waals surface area (Å²) in [4.78, 5) is 16.7. The zero-order valence-electron chi connectivity index (χ0n) is 13.3. The summed E-state index contributed by atoms with van der Waals surface area (Å²) in [5.74, 6) is 1.48. The van der Waals surface area contributed by atoms with Crippen LogP contribution >= 0.6 is 11.3 Å². The number of hydrogen-bond donors (Lipinski definition) is 1. The Kier molecular flexibility index (Phi) is 4.81. The van der Waals surface area contributed by atoms with Crippen LogP contribution in [0.4, 0.5) is 0 Å². The van der Waals surface area contributed by atoms with Gasteiger partial charge in [-0.3, -0.25) is 4.79 Å². The van der Waals surface area contributed by atoms with Crippen molar-refractivity contribution in [3.63, 3.8) is 0 Å². The van der Waals surface area contributed by atoms with Gasteiger partial charge in [0, 0.05) is 30.1 Å². The highest BCUT2D eigenvalue weighted by Gasteiger charge is 2.26. The average Bonchev–Trinajstić information content (AvgIpc) is 2.99. The number of ether oxygens (including phenoxy) is 2. The summed E-state index contributed by atoms with van der Waals surface area (Å²) < 4.78 is 10.9. The second-order valence-corrected chi connectivity index (χ2v) is 6.55. The summed E-state index contributed by atoms with van der Waals surface area (Å²) in [6, 6.07) is 5.73. The lowest BCUT2D eigenvalue weighted by molar-refractivity contribution is -0.126. The number of methoxy groups -OCH3 is 1. The standard InChI is InChI=1S/C17H20N2O3S/c1-11-10-23-16(19-11)5-6-18-17(20)13-7-12-3-4-14(21-2)8-15(12)22-9-13/h3-4,8,10,13H,5-7,9H2,1-2H3,(H,18,20)/t13-/m1/s1. The van der Waals surface area contributed by atoms with Crippen LogP contribution in [-0.2, 0) is 17.6 Å². The molecule has 0 bridgehead atoms. The Bertz CT molecular complexity index is 699. The van der Waals surface area contributed by atoms with Crippen LogP contribution < -0.4 is 14.8 Å². The minimum atomic E-state index is -0.145. The van der Waals surface area contributed by atoms with Crippen molar-refractivity contribution in [3.8, 4) is 11.5 Å². The van der Waals surface area contributed by atoms with Gasteiger partial charge in [0.1, 0.15) is 18.1 Å². The quantitative estimate of drug-likeness (QED) is 0.913. The van der Waals surface area contributed by atoms with Crippen LogP contribution in [0.1, 0.15) is 16.3 Å². The number of nitrogens with zero attached hydrogens (tertiary/aromatic N) is 1. The molecule has 0 saturated heterocycles. The number of rotatable bonds is 5. The molecule has 1 amide bonds. The van der Waals surface area contributed by atoms with Crippen LogP contribution in [0.5, 0.6) is 11.5 Å². The molecule has 1 N–H and O–H groups in total. The van der Waals surface area contributed by atoms with Gasteiger partial charge in [0.05, 0.1) is 18.0 Å². The van der Waals surface area contributed by atoms with E-state index in [0.717, 1.165) is 34.2 Å². The zero-order chi connectivity index (χ0) is 16.2. The topological polar surface area (TPSA) is 60.5 Å². The van der Waals surface area contributed by atoms with Crippen molar-refractivity contribution in [2.24, 2.45) is 5.92 Å². The minimum absolute atomic E-state index is 0.0414. The molecule has 0 saturated carbocycles. The normalized spacial score (nSPS) is 16.3. The third-order valence-corrected chi connectivity index (χ3v) is 4.88.